The smallest absolute Gasteiger partial charge is 0.235 e. The van der Waals surface area contributed by atoms with Crippen LogP contribution in [0.15, 0.2) is 30.3 Å². The molecule has 2 N–H and O–H groups in total. The van der Waals surface area contributed by atoms with Crippen LogP contribution in [0.1, 0.15) is 32.3 Å². The highest BCUT2D eigenvalue weighted by atomic mass is 16.2. The zero-order valence-corrected chi connectivity index (χ0v) is 15.4. The predicted octanol–water partition coefficient (Wildman–Crippen LogP) is 1.83. The van der Waals surface area contributed by atoms with Gasteiger partial charge >= 0.3 is 0 Å². The van der Waals surface area contributed by atoms with Crippen molar-refractivity contribution < 1.29 is 9.59 Å². The van der Waals surface area contributed by atoms with Gasteiger partial charge in [-0.1, -0.05) is 30.3 Å². The van der Waals surface area contributed by atoms with E-state index in [-0.39, 0.29) is 11.8 Å². The minimum absolute atomic E-state index is 0.221. The van der Waals surface area contributed by atoms with E-state index in [1.807, 2.05) is 32.3 Å². The summed E-state index contributed by atoms with van der Waals surface area (Å²) in [6, 6.07) is 10.2. The van der Waals surface area contributed by atoms with Gasteiger partial charge in [-0.15, -0.1) is 0 Å². The molecule has 2 amide bonds. The van der Waals surface area contributed by atoms with Crippen LogP contribution in [0.2, 0.25) is 0 Å². The lowest BCUT2D eigenvalue weighted by Crippen LogP contribution is -2.48. The number of carbonyl (C=O) groups excluding carboxylic acids is 2. The van der Waals surface area contributed by atoms with Crippen LogP contribution in [0, 0.1) is 5.41 Å². The van der Waals surface area contributed by atoms with Crippen molar-refractivity contribution in [2.75, 3.05) is 33.7 Å². The molecule has 1 aromatic carbocycles. The van der Waals surface area contributed by atoms with Gasteiger partial charge in [0.05, 0.1) is 0 Å². The number of rotatable bonds is 10. The van der Waals surface area contributed by atoms with Crippen LogP contribution in [-0.4, -0.2) is 50.4 Å². The highest BCUT2D eigenvalue weighted by Crippen LogP contribution is 2.15. The Labute approximate surface area is 145 Å². The van der Waals surface area contributed by atoms with Gasteiger partial charge < -0.3 is 15.5 Å². The maximum absolute atomic E-state index is 12.3. The van der Waals surface area contributed by atoms with E-state index in [2.05, 4.69) is 27.7 Å². The molecular formula is C19H31N3O2. The van der Waals surface area contributed by atoms with E-state index < -0.39 is 5.41 Å². The Morgan fingerprint density at radius 3 is 2.04 bits per heavy atom. The zero-order valence-electron chi connectivity index (χ0n) is 15.4. The summed E-state index contributed by atoms with van der Waals surface area (Å²) >= 11 is 0. The van der Waals surface area contributed by atoms with Crippen LogP contribution < -0.4 is 10.6 Å². The number of aryl methyl sites for hydroxylation is 1. The summed E-state index contributed by atoms with van der Waals surface area (Å²) < 4.78 is 0. The van der Waals surface area contributed by atoms with Gasteiger partial charge in [0.15, 0.2) is 0 Å². The SMILES string of the molecule is CN(C)CCCNC(=O)C(C)(C)C(=O)NCCCc1ccccc1. The second-order valence-corrected chi connectivity index (χ2v) is 6.88. The Bertz CT molecular complexity index is 513. The van der Waals surface area contributed by atoms with E-state index in [9.17, 15) is 9.59 Å². The molecule has 0 saturated heterocycles. The van der Waals surface area contributed by atoms with Gasteiger partial charge in [-0.05, 0) is 59.3 Å². The Kier molecular flexibility index (Phi) is 8.47. The van der Waals surface area contributed by atoms with Gasteiger partial charge in [0.25, 0.3) is 0 Å². The number of nitrogens with zero attached hydrogens (tertiary/aromatic N) is 1. The summed E-state index contributed by atoms with van der Waals surface area (Å²) in [5.41, 5.74) is 0.204. The fourth-order valence-corrected chi connectivity index (χ4v) is 2.28. The zero-order chi connectivity index (χ0) is 18.0. The Morgan fingerprint density at radius 2 is 1.50 bits per heavy atom. The maximum Gasteiger partial charge on any atom is 0.235 e. The molecule has 0 unspecified atom stereocenters. The quantitative estimate of drug-likeness (QED) is 0.507. The molecule has 134 valence electrons. The Balaban J connectivity index is 2.29. The van der Waals surface area contributed by atoms with Gasteiger partial charge in [-0.2, -0.15) is 0 Å². The number of hydrogen-bond donors (Lipinski definition) is 2. The first kappa shape index (κ1) is 20.2. The minimum atomic E-state index is -1.05. The molecule has 0 aliphatic carbocycles. The lowest BCUT2D eigenvalue weighted by atomic mass is 9.91. The third kappa shape index (κ3) is 7.13. The highest BCUT2D eigenvalue weighted by molar-refractivity contribution is 6.04. The van der Waals surface area contributed by atoms with E-state index in [0.717, 1.165) is 25.8 Å². The van der Waals surface area contributed by atoms with Crippen molar-refractivity contribution in [2.45, 2.75) is 33.1 Å². The molecule has 0 saturated carbocycles. The molecule has 0 aliphatic rings. The molecule has 0 aromatic heterocycles. The van der Waals surface area contributed by atoms with Crippen LogP contribution in [0.4, 0.5) is 0 Å². The summed E-state index contributed by atoms with van der Waals surface area (Å²) in [6.45, 7) is 5.40. The first-order valence-electron chi connectivity index (χ1n) is 8.59. The molecule has 0 fully saturated rings. The van der Waals surface area contributed by atoms with Crippen LogP contribution >= 0.6 is 0 Å². The van der Waals surface area contributed by atoms with E-state index in [1.165, 1.54) is 5.56 Å². The molecular weight excluding hydrogens is 302 g/mol. The number of amides is 2. The van der Waals surface area contributed by atoms with E-state index in [4.69, 9.17) is 0 Å². The van der Waals surface area contributed by atoms with Gasteiger partial charge in [0.2, 0.25) is 11.8 Å². The van der Waals surface area contributed by atoms with Crippen LogP contribution in [-0.2, 0) is 16.0 Å². The highest BCUT2D eigenvalue weighted by Gasteiger charge is 2.35. The molecule has 0 spiro atoms. The summed E-state index contributed by atoms with van der Waals surface area (Å²) in [6.07, 6.45) is 2.64. The fraction of sp³-hybridized carbons (Fsp3) is 0.579. The molecule has 5 heteroatoms. The number of benzene rings is 1. The predicted molar refractivity (Wildman–Crippen MR) is 97.7 cm³/mol. The van der Waals surface area contributed by atoms with Crippen LogP contribution in [0.3, 0.4) is 0 Å². The Hall–Kier alpha value is -1.88. The molecule has 0 bridgehead atoms. The molecule has 0 heterocycles. The number of hydrogen-bond acceptors (Lipinski definition) is 3. The van der Waals surface area contributed by atoms with Crippen molar-refractivity contribution in [1.82, 2.24) is 15.5 Å². The summed E-state index contributed by atoms with van der Waals surface area (Å²) in [5, 5.41) is 5.72. The summed E-state index contributed by atoms with van der Waals surface area (Å²) in [4.78, 5) is 26.6. The van der Waals surface area contributed by atoms with Gasteiger partial charge in [0.1, 0.15) is 5.41 Å². The van der Waals surface area contributed by atoms with Gasteiger partial charge in [-0.3, -0.25) is 9.59 Å². The fourth-order valence-electron chi connectivity index (χ4n) is 2.28. The molecule has 1 rings (SSSR count). The lowest BCUT2D eigenvalue weighted by molar-refractivity contribution is -0.141. The number of nitrogens with one attached hydrogen (secondary N) is 2. The standard InChI is InChI=1S/C19H31N3O2/c1-19(2,18(24)21-14-9-15-22(3)4)17(23)20-13-8-12-16-10-6-5-7-11-16/h5-7,10-11H,8-9,12-15H2,1-4H3,(H,20,23)(H,21,24). The topological polar surface area (TPSA) is 61.4 Å². The van der Waals surface area contributed by atoms with Crippen molar-refractivity contribution >= 4 is 11.8 Å². The van der Waals surface area contributed by atoms with Crippen molar-refractivity contribution in [3.8, 4) is 0 Å². The maximum atomic E-state index is 12.3. The first-order chi connectivity index (χ1) is 11.3. The van der Waals surface area contributed by atoms with Crippen molar-refractivity contribution in [2.24, 2.45) is 5.41 Å². The van der Waals surface area contributed by atoms with Gasteiger partial charge in [-0.25, -0.2) is 0 Å². The second-order valence-electron chi connectivity index (χ2n) is 6.88. The third-order valence-electron chi connectivity index (χ3n) is 3.97. The van der Waals surface area contributed by atoms with Crippen molar-refractivity contribution in [3.05, 3.63) is 35.9 Å². The second kappa shape index (κ2) is 10.1. The van der Waals surface area contributed by atoms with E-state index in [0.29, 0.717) is 13.1 Å². The van der Waals surface area contributed by atoms with Crippen LogP contribution in [0.5, 0.6) is 0 Å². The molecule has 0 atom stereocenters. The third-order valence-corrected chi connectivity index (χ3v) is 3.97. The van der Waals surface area contributed by atoms with Crippen molar-refractivity contribution in [1.29, 1.82) is 0 Å². The van der Waals surface area contributed by atoms with Gasteiger partial charge in [0, 0.05) is 13.1 Å². The normalized spacial score (nSPS) is 11.4. The lowest BCUT2D eigenvalue weighted by Gasteiger charge is -2.23. The van der Waals surface area contributed by atoms with E-state index >= 15 is 0 Å². The monoisotopic (exact) mass is 333 g/mol. The van der Waals surface area contributed by atoms with Crippen molar-refractivity contribution in [3.63, 3.8) is 0 Å². The molecule has 1 aromatic rings. The average Bonchev–Trinajstić information content (AvgIpc) is 2.55. The minimum Gasteiger partial charge on any atom is -0.355 e. The largest absolute Gasteiger partial charge is 0.355 e. The number of carbonyl (C=O) groups is 2. The molecule has 5 nitrogen and oxygen atoms in total. The van der Waals surface area contributed by atoms with Crippen LogP contribution in [0.25, 0.3) is 0 Å². The first-order valence-corrected chi connectivity index (χ1v) is 8.59. The summed E-state index contributed by atoms with van der Waals surface area (Å²) in [5.74, 6) is -0.442. The molecule has 24 heavy (non-hydrogen) atoms. The van der Waals surface area contributed by atoms with E-state index in [1.54, 1.807) is 13.8 Å². The molecule has 0 aliphatic heterocycles. The Morgan fingerprint density at radius 1 is 0.958 bits per heavy atom. The molecule has 0 radical (unpaired) electrons. The average molecular weight is 333 g/mol. The summed E-state index contributed by atoms with van der Waals surface area (Å²) in [7, 11) is 3.99.